The number of halogens is 1. The third-order valence-corrected chi connectivity index (χ3v) is 3.94. The van der Waals surface area contributed by atoms with Crippen LogP contribution in [0.3, 0.4) is 0 Å². The molecule has 0 aliphatic rings. The summed E-state index contributed by atoms with van der Waals surface area (Å²) >= 11 is 5.86. The highest BCUT2D eigenvalue weighted by Crippen LogP contribution is 2.16. The Morgan fingerprint density at radius 2 is 1.70 bits per heavy atom. The van der Waals surface area contributed by atoms with Gasteiger partial charge in [0.1, 0.15) is 12.4 Å². The van der Waals surface area contributed by atoms with Crippen LogP contribution in [0.15, 0.2) is 61.2 Å². The Labute approximate surface area is 139 Å². The second kappa shape index (κ2) is 6.75. The maximum absolute atomic E-state index is 8.39. The van der Waals surface area contributed by atoms with E-state index in [1.165, 1.54) is 0 Å². The van der Waals surface area contributed by atoms with Crippen molar-refractivity contribution in [1.29, 1.82) is 5.41 Å². The van der Waals surface area contributed by atoms with E-state index in [1.54, 1.807) is 18.2 Å². The van der Waals surface area contributed by atoms with E-state index in [2.05, 4.69) is 6.58 Å². The fourth-order valence-corrected chi connectivity index (χ4v) is 2.75. The minimum absolute atomic E-state index is 0.450. The van der Waals surface area contributed by atoms with Crippen LogP contribution in [0.5, 0.6) is 5.75 Å². The highest BCUT2D eigenvalue weighted by Gasteiger charge is 2.09. The second-order valence-corrected chi connectivity index (χ2v) is 5.60. The maximum atomic E-state index is 8.39. The van der Waals surface area contributed by atoms with Crippen LogP contribution in [0.2, 0.25) is 5.02 Å². The molecule has 3 aromatic rings. The number of benzene rings is 2. The van der Waals surface area contributed by atoms with E-state index in [1.807, 2.05) is 45.5 Å². The molecule has 0 bridgehead atoms. The second-order valence-electron chi connectivity index (χ2n) is 5.17. The summed E-state index contributed by atoms with van der Waals surface area (Å²) in [5, 5.41) is 9.08. The van der Waals surface area contributed by atoms with Crippen LogP contribution in [-0.4, -0.2) is 15.7 Å². The normalized spacial score (nSPS) is 10.8. The molecular formula is C18H18ClN3O. The van der Waals surface area contributed by atoms with Gasteiger partial charge in [0.25, 0.3) is 0 Å². The van der Waals surface area contributed by atoms with Gasteiger partial charge in [-0.05, 0) is 36.4 Å². The number of rotatable bonds is 6. The minimum Gasteiger partial charge on any atom is -0.492 e. The van der Waals surface area contributed by atoms with E-state index in [4.69, 9.17) is 21.7 Å². The minimum atomic E-state index is 0.450. The molecule has 2 aromatic carbocycles. The number of aromatic nitrogens is 2. The molecule has 0 aliphatic heterocycles. The molecule has 1 N–H and O–H groups in total. The van der Waals surface area contributed by atoms with Gasteiger partial charge in [-0.15, -0.1) is 6.58 Å². The molecule has 1 aromatic heterocycles. The van der Waals surface area contributed by atoms with E-state index >= 15 is 0 Å². The third-order valence-electron chi connectivity index (χ3n) is 3.68. The summed E-state index contributed by atoms with van der Waals surface area (Å²) in [4.78, 5) is 0. The number of para-hydroxylation sites is 2. The average Bonchev–Trinajstić information content (AvgIpc) is 2.83. The highest BCUT2D eigenvalue weighted by atomic mass is 35.5. The lowest BCUT2D eigenvalue weighted by Crippen LogP contribution is -2.26. The van der Waals surface area contributed by atoms with Crippen molar-refractivity contribution in [3.05, 3.63) is 71.8 Å². The fourth-order valence-electron chi connectivity index (χ4n) is 2.62. The SMILES string of the molecule is C=CCn1c(=N)n(CCOc2ccc(Cl)cc2)c2ccccc21. The molecule has 3 rings (SSSR count). The molecule has 5 heteroatoms. The summed E-state index contributed by atoms with van der Waals surface area (Å²) in [6.45, 7) is 5.48. The van der Waals surface area contributed by atoms with E-state index < -0.39 is 0 Å². The van der Waals surface area contributed by atoms with Gasteiger partial charge in [-0.25, -0.2) is 0 Å². The van der Waals surface area contributed by atoms with Gasteiger partial charge in [0.2, 0.25) is 5.62 Å². The van der Waals surface area contributed by atoms with E-state index in [0.29, 0.717) is 30.3 Å². The number of ether oxygens (including phenoxy) is 1. The van der Waals surface area contributed by atoms with Crippen molar-refractivity contribution in [2.45, 2.75) is 13.1 Å². The lowest BCUT2D eigenvalue weighted by atomic mass is 10.3. The molecule has 0 aliphatic carbocycles. The van der Waals surface area contributed by atoms with Gasteiger partial charge in [0.05, 0.1) is 17.6 Å². The van der Waals surface area contributed by atoms with Crippen LogP contribution in [0.4, 0.5) is 0 Å². The summed E-state index contributed by atoms with van der Waals surface area (Å²) in [5.74, 6) is 0.774. The molecule has 0 saturated carbocycles. The predicted octanol–water partition coefficient (Wildman–Crippen LogP) is 3.84. The van der Waals surface area contributed by atoms with Crippen molar-refractivity contribution in [3.63, 3.8) is 0 Å². The number of nitrogens with one attached hydrogen (secondary N) is 1. The Bertz CT molecular complexity index is 877. The first-order chi connectivity index (χ1) is 11.2. The van der Waals surface area contributed by atoms with Crippen molar-refractivity contribution >= 4 is 22.6 Å². The van der Waals surface area contributed by atoms with Crippen molar-refractivity contribution in [2.75, 3.05) is 6.61 Å². The van der Waals surface area contributed by atoms with Gasteiger partial charge in [-0.3, -0.25) is 5.41 Å². The van der Waals surface area contributed by atoms with Gasteiger partial charge in [0.15, 0.2) is 0 Å². The smallest absolute Gasteiger partial charge is 0.203 e. The lowest BCUT2D eigenvalue weighted by Gasteiger charge is -2.08. The summed E-state index contributed by atoms with van der Waals surface area (Å²) in [6, 6.07) is 15.3. The molecule has 1 heterocycles. The quantitative estimate of drug-likeness (QED) is 0.687. The van der Waals surface area contributed by atoms with E-state index in [0.717, 1.165) is 16.8 Å². The number of allylic oxidation sites excluding steroid dienone is 1. The highest BCUT2D eigenvalue weighted by molar-refractivity contribution is 6.30. The zero-order valence-corrected chi connectivity index (χ0v) is 13.5. The molecule has 0 atom stereocenters. The summed E-state index contributed by atoms with van der Waals surface area (Å²) in [6.07, 6.45) is 1.80. The maximum Gasteiger partial charge on any atom is 0.203 e. The van der Waals surface area contributed by atoms with Crippen molar-refractivity contribution in [3.8, 4) is 5.75 Å². The summed E-state index contributed by atoms with van der Waals surface area (Å²) in [5.41, 5.74) is 2.51. The first kappa shape index (κ1) is 15.4. The van der Waals surface area contributed by atoms with Crippen LogP contribution >= 0.6 is 11.6 Å². The first-order valence-electron chi connectivity index (χ1n) is 7.42. The van der Waals surface area contributed by atoms with Crippen LogP contribution in [0.25, 0.3) is 11.0 Å². The molecule has 23 heavy (non-hydrogen) atoms. The summed E-state index contributed by atoms with van der Waals surface area (Å²) < 4.78 is 9.63. The predicted molar refractivity (Wildman–Crippen MR) is 92.9 cm³/mol. The Morgan fingerprint density at radius 1 is 1.04 bits per heavy atom. The molecule has 0 radical (unpaired) electrons. The van der Waals surface area contributed by atoms with Gasteiger partial charge < -0.3 is 13.9 Å². The molecule has 4 nitrogen and oxygen atoms in total. The standard InChI is InChI=1S/C18H18ClN3O/c1-2-11-21-16-5-3-4-6-17(16)22(18(21)20)12-13-23-15-9-7-14(19)8-10-15/h2-10,20H,1,11-13H2. The van der Waals surface area contributed by atoms with Crippen LogP contribution in [0, 0.1) is 5.41 Å². The van der Waals surface area contributed by atoms with Crippen molar-refractivity contribution in [1.82, 2.24) is 9.13 Å². The summed E-state index contributed by atoms with van der Waals surface area (Å²) in [7, 11) is 0. The molecule has 118 valence electrons. The fraction of sp³-hybridized carbons (Fsp3) is 0.167. The molecule has 0 unspecified atom stereocenters. The van der Waals surface area contributed by atoms with Gasteiger partial charge in [0, 0.05) is 11.6 Å². The topological polar surface area (TPSA) is 42.9 Å². The number of fused-ring (bicyclic) bond motifs is 1. The number of nitrogens with zero attached hydrogens (tertiary/aromatic N) is 2. The molecule has 0 spiro atoms. The van der Waals surface area contributed by atoms with Gasteiger partial charge in [-0.1, -0.05) is 29.8 Å². The largest absolute Gasteiger partial charge is 0.492 e. The number of hydrogen-bond donors (Lipinski definition) is 1. The first-order valence-corrected chi connectivity index (χ1v) is 7.80. The molecular weight excluding hydrogens is 310 g/mol. The Balaban J connectivity index is 1.82. The zero-order chi connectivity index (χ0) is 16.2. The lowest BCUT2D eigenvalue weighted by molar-refractivity contribution is 0.296. The Kier molecular flexibility index (Phi) is 4.53. The van der Waals surface area contributed by atoms with Crippen LogP contribution in [-0.2, 0) is 13.1 Å². The zero-order valence-electron chi connectivity index (χ0n) is 12.7. The van der Waals surface area contributed by atoms with Crippen LogP contribution in [0.1, 0.15) is 0 Å². The van der Waals surface area contributed by atoms with E-state index in [9.17, 15) is 0 Å². The molecule has 0 amide bonds. The monoisotopic (exact) mass is 327 g/mol. The Hall–Kier alpha value is -2.46. The average molecular weight is 328 g/mol. The molecule has 0 fully saturated rings. The van der Waals surface area contributed by atoms with Crippen molar-refractivity contribution in [2.24, 2.45) is 0 Å². The van der Waals surface area contributed by atoms with E-state index in [-0.39, 0.29) is 0 Å². The van der Waals surface area contributed by atoms with Crippen LogP contribution < -0.4 is 10.4 Å². The third kappa shape index (κ3) is 3.17. The van der Waals surface area contributed by atoms with Gasteiger partial charge >= 0.3 is 0 Å². The number of imidazole rings is 1. The Morgan fingerprint density at radius 3 is 2.35 bits per heavy atom. The van der Waals surface area contributed by atoms with Crippen molar-refractivity contribution < 1.29 is 4.74 Å². The van der Waals surface area contributed by atoms with Gasteiger partial charge in [-0.2, -0.15) is 0 Å². The number of hydrogen-bond acceptors (Lipinski definition) is 2. The molecule has 0 saturated heterocycles.